The first-order chi connectivity index (χ1) is 17.5. The van der Waals surface area contributed by atoms with Crippen molar-refractivity contribution in [3.8, 4) is 11.5 Å². The van der Waals surface area contributed by atoms with Crippen molar-refractivity contribution >= 4 is 34.5 Å². The number of nitrogens with zero attached hydrogens (tertiary/aromatic N) is 2. The zero-order chi connectivity index (χ0) is 25.4. The Labute approximate surface area is 210 Å². The van der Waals surface area contributed by atoms with Crippen LogP contribution >= 0.6 is 11.3 Å². The number of methoxy groups -OCH3 is 1. The lowest BCUT2D eigenvalue weighted by molar-refractivity contribution is -0.136. The Hall–Kier alpha value is -4.18. The molecule has 1 atom stereocenters. The summed E-state index contributed by atoms with van der Waals surface area (Å²) < 4.78 is 18.1. The molecule has 0 bridgehead atoms. The summed E-state index contributed by atoms with van der Waals surface area (Å²) in [5.74, 6) is 0.0788. The van der Waals surface area contributed by atoms with Crippen LogP contribution in [0.25, 0.3) is 5.57 Å². The fraction of sp³-hybridized carbons (Fsp3) is 0.231. The summed E-state index contributed by atoms with van der Waals surface area (Å²) in [6.45, 7) is 4.59. The van der Waals surface area contributed by atoms with Crippen LogP contribution in [0.1, 0.15) is 31.0 Å². The summed E-state index contributed by atoms with van der Waals surface area (Å²) in [6.07, 6.45) is 1.41. The van der Waals surface area contributed by atoms with Gasteiger partial charge in [-0.3, -0.25) is 14.2 Å². The van der Waals surface area contributed by atoms with Gasteiger partial charge >= 0.3 is 5.97 Å². The summed E-state index contributed by atoms with van der Waals surface area (Å²) in [6, 6.07) is 11.6. The van der Waals surface area contributed by atoms with Crippen molar-refractivity contribution in [2.24, 2.45) is 4.99 Å². The predicted molar refractivity (Wildman–Crippen MR) is 134 cm³/mol. The fourth-order valence-corrected chi connectivity index (χ4v) is 5.45. The number of fused-ring (bicyclic) bond motifs is 2. The van der Waals surface area contributed by atoms with Crippen LogP contribution in [0.5, 0.6) is 11.5 Å². The third-order valence-corrected chi connectivity index (χ3v) is 6.95. The van der Waals surface area contributed by atoms with E-state index in [2.05, 4.69) is 10.3 Å². The number of aromatic nitrogens is 1. The average Bonchev–Trinajstić information content (AvgIpc) is 3.39. The minimum absolute atomic E-state index is 0.185. The van der Waals surface area contributed by atoms with Gasteiger partial charge in [-0.25, -0.2) is 9.79 Å². The topological polar surface area (TPSA) is 108 Å². The highest BCUT2D eigenvalue weighted by Gasteiger charge is 2.33. The van der Waals surface area contributed by atoms with Crippen molar-refractivity contribution in [3.05, 3.63) is 85.1 Å². The average molecular weight is 506 g/mol. The molecular weight excluding hydrogens is 482 g/mol. The van der Waals surface area contributed by atoms with Crippen molar-refractivity contribution < 1.29 is 23.8 Å². The van der Waals surface area contributed by atoms with E-state index in [1.807, 2.05) is 26.0 Å². The number of hydrogen-bond donors (Lipinski definition) is 1. The molecule has 0 unspecified atom stereocenters. The quantitative estimate of drug-likeness (QED) is 0.515. The van der Waals surface area contributed by atoms with Gasteiger partial charge < -0.3 is 19.5 Å². The molecule has 2 aromatic carbocycles. The van der Waals surface area contributed by atoms with E-state index in [0.29, 0.717) is 46.3 Å². The molecule has 184 valence electrons. The number of amides is 1. The van der Waals surface area contributed by atoms with Crippen LogP contribution < -0.4 is 29.7 Å². The number of para-hydroxylation sites is 1. The van der Waals surface area contributed by atoms with Crippen LogP contribution in [-0.4, -0.2) is 36.8 Å². The molecule has 0 spiro atoms. The summed E-state index contributed by atoms with van der Waals surface area (Å²) in [7, 11) is 1.27. The lowest BCUT2D eigenvalue weighted by Crippen LogP contribution is -2.39. The Morgan fingerprint density at radius 1 is 1.08 bits per heavy atom. The molecule has 3 heterocycles. The fourth-order valence-electron chi connectivity index (χ4n) is 4.38. The Bertz CT molecular complexity index is 1600. The number of anilines is 1. The number of ether oxygens (including phenoxy) is 3. The van der Waals surface area contributed by atoms with Gasteiger partial charge in [-0.2, -0.15) is 0 Å². The van der Waals surface area contributed by atoms with E-state index in [4.69, 9.17) is 14.2 Å². The zero-order valence-corrected chi connectivity index (χ0v) is 20.7. The van der Waals surface area contributed by atoms with Crippen molar-refractivity contribution in [2.45, 2.75) is 19.9 Å². The number of rotatable bonds is 6. The summed E-state index contributed by atoms with van der Waals surface area (Å²) >= 11 is 1.11. The highest BCUT2D eigenvalue weighted by Crippen LogP contribution is 2.35. The second kappa shape index (κ2) is 9.46. The maximum Gasteiger partial charge on any atom is 0.337 e. The molecule has 36 heavy (non-hydrogen) atoms. The van der Waals surface area contributed by atoms with Crippen molar-refractivity contribution in [3.63, 3.8) is 0 Å². The van der Waals surface area contributed by atoms with E-state index in [1.54, 1.807) is 30.3 Å². The van der Waals surface area contributed by atoms with Gasteiger partial charge in [-0.15, -0.1) is 0 Å². The van der Waals surface area contributed by atoms with Gasteiger partial charge in [-0.1, -0.05) is 35.6 Å². The molecule has 0 saturated heterocycles. The van der Waals surface area contributed by atoms with E-state index in [1.165, 1.54) is 17.9 Å². The van der Waals surface area contributed by atoms with Gasteiger partial charge in [0.15, 0.2) is 16.3 Å². The molecule has 1 N–H and O–H groups in total. The largest absolute Gasteiger partial charge is 0.490 e. The monoisotopic (exact) mass is 505 g/mol. The minimum atomic E-state index is -0.836. The SMILES string of the molecule is CCOc1ccc([C@H]2C(C(=O)OC)=CN=c3s/c(=C4\C(=O)Nc5ccccc54)c(=O)n32)cc1OCC. The van der Waals surface area contributed by atoms with E-state index >= 15 is 0 Å². The molecule has 1 amide bonds. The first kappa shape index (κ1) is 23.6. The van der Waals surface area contributed by atoms with Gasteiger partial charge in [0.1, 0.15) is 4.53 Å². The van der Waals surface area contributed by atoms with Crippen LogP contribution in [0.3, 0.4) is 0 Å². The Morgan fingerprint density at radius 2 is 1.83 bits per heavy atom. The van der Waals surface area contributed by atoms with Crippen molar-refractivity contribution in [2.75, 3.05) is 25.6 Å². The van der Waals surface area contributed by atoms with Crippen LogP contribution in [0.15, 0.2) is 64.0 Å². The lowest BCUT2D eigenvalue weighted by atomic mass is 9.97. The van der Waals surface area contributed by atoms with Crippen LogP contribution in [0.2, 0.25) is 0 Å². The number of esters is 1. The lowest BCUT2D eigenvalue weighted by Gasteiger charge is -2.23. The molecule has 5 rings (SSSR count). The number of benzene rings is 2. The Balaban J connectivity index is 1.76. The van der Waals surface area contributed by atoms with Gasteiger partial charge in [0.25, 0.3) is 11.5 Å². The normalized spacial score (nSPS) is 17.4. The summed E-state index contributed by atoms with van der Waals surface area (Å²) in [4.78, 5) is 44.2. The zero-order valence-electron chi connectivity index (χ0n) is 19.9. The van der Waals surface area contributed by atoms with Crippen molar-refractivity contribution in [1.29, 1.82) is 0 Å². The molecule has 0 aliphatic carbocycles. The number of carbonyl (C=O) groups excluding carboxylic acids is 2. The summed E-state index contributed by atoms with van der Waals surface area (Å²) in [5, 5.41) is 2.81. The molecule has 10 heteroatoms. The smallest absolute Gasteiger partial charge is 0.337 e. The third-order valence-electron chi connectivity index (χ3n) is 5.88. The Kier molecular flexibility index (Phi) is 6.19. The number of carbonyl (C=O) groups is 2. The molecule has 9 nitrogen and oxygen atoms in total. The maximum atomic E-state index is 13.9. The highest BCUT2D eigenvalue weighted by molar-refractivity contribution is 7.07. The van der Waals surface area contributed by atoms with E-state index in [-0.39, 0.29) is 21.6 Å². The number of nitrogens with one attached hydrogen (secondary N) is 1. The van der Waals surface area contributed by atoms with Gasteiger partial charge in [0, 0.05) is 17.5 Å². The van der Waals surface area contributed by atoms with E-state index in [9.17, 15) is 14.4 Å². The molecule has 2 aliphatic heterocycles. The third kappa shape index (κ3) is 3.79. The molecular formula is C26H23N3O6S. The summed E-state index contributed by atoms with van der Waals surface area (Å²) in [5.41, 5.74) is 1.95. The number of hydrogen-bond acceptors (Lipinski definition) is 8. The maximum absolute atomic E-state index is 13.9. The molecule has 0 saturated carbocycles. The standard InChI is InChI=1S/C26H23N3O6S/c1-4-34-18-11-10-14(12-19(18)35-5-2)21-16(25(32)33-3)13-27-26-29(21)24(31)22(36-26)20-15-8-6-7-9-17(15)28-23(20)30/h6-13,21H,4-5H2,1-3H3,(H,28,30)/b22-20-/t21-/m0/s1. The van der Waals surface area contributed by atoms with Crippen LogP contribution in [-0.2, 0) is 14.3 Å². The van der Waals surface area contributed by atoms with E-state index < -0.39 is 17.6 Å². The molecule has 2 aliphatic rings. The molecule has 0 radical (unpaired) electrons. The second-order valence-corrected chi connectivity index (χ2v) is 8.92. The van der Waals surface area contributed by atoms with Crippen LogP contribution in [0, 0.1) is 0 Å². The van der Waals surface area contributed by atoms with Gasteiger partial charge in [-0.05, 0) is 37.6 Å². The highest BCUT2D eigenvalue weighted by atomic mass is 32.1. The minimum Gasteiger partial charge on any atom is -0.490 e. The molecule has 0 fully saturated rings. The second-order valence-electron chi connectivity index (χ2n) is 7.94. The first-order valence-electron chi connectivity index (χ1n) is 11.4. The molecule has 3 aromatic rings. The molecule has 1 aromatic heterocycles. The van der Waals surface area contributed by atoms with Crippen LogP contribution in [0.4, 0.5) is 5.69 Å². The van der Waals surface area contributed by atoms with Gasteiger partial charge in [0.05, 0.1) is 37.5 Å². The van der Waals surface area contributed by atoms with Gasteiger partial charge in [0.2, 0.25) is 0 Å². The number of thiazole rings is 1. The first-order valence-corrected chi connectivity index (χ1v) is 12.2. The van der Waals surface area contributed by atoms with E-state index in [0.717, 1.165) is 11.3 Å². The predicted octanol–water partition coefficient (Wildman–Crippen LogP) is 2.14. The Morgan fingerprint density at radius 3 is 2.58 bits per heavy atom. The van der Waals surface area contributed by atoms with Crippen molar-refractivity contribution in [1.82, 2.24) is 4.57 Å².